The zero-order valence-corrected chi connectivity index (χ0v) is 12.2. The van der Waals surface area contributed by atoms with Crippen LogP contribution in [0, 0.1) is 21.3 Å². The van der Waals surface area contributed by atoms with Crippen LogP contribution >= 0.6 is 0 Å². The number of Topliss-reactive ketones (excluding diaryl/α,β-unsaturated/α-hetero) is 1. The van der Waals surface area contributed by atoms with Crippen molar-refractivity contribution in [3.05, 3.63) is 45.5 Å². The monoisotopic (exact) mass is 306 g/mol. The Morgan fingerprint density at radius 2 is 2.09 bits per heavy atom. The van der Waals surface area contributed by atoms with E-state index in [4.69, 9.17) is 0 Å². The van der Waals surface area contributed by atoms with Crippen molar-refractivity contribution in [2.24, 2.45) is 10.4 Å². The second kappa shape index (κ2) is 5.67. The lowest BCUT2D eigenvalue weighted by Gasteiger charge is -2.28. The van der Waals surface area contributed by atoms with Crippen LogP contribution in [0.15, 0.2) is 34.5 Å². The van der Waals surface area contributed by atoms with E-state index in [1.165, 1.54) is 0 Å². The first-order valence-corrected chi connectivity index (χ1v) is 6.63. The first-order chi connectivity index (χ1) is 10.2. The van der Waals surface area contributed by atoms with E-state index in [-0.39, 0.29) is 40.3 Å². The predicted molar refractivity (Wildman–Crippen MR) is 78.9 cm³/mol. The van der Waals surface area contributed by atoms with Crippen molar-refractivity contribution in [3.8, 4) is 0 Å². The Morgan fingerprint density at radius 1 is 1.41 bits per heavy atom. The molecule has 0 radical (unpaired) electrons. The third-order valence-corrected chi connectivity index (χ3v) is 3.37. The summed E-state index contributed by atoms with van der Waals surface area (Å²) in [5.74, 6) is -1.21. The van der Waals surface area contributed by atoms with Gasteiger partial charge in [-0.25, -0.2) is 4.39 Å². The molecule has 0 heterocycles. The van der Waals surface area contributed by atoms with Gasteiger partial charge in [-0.1, -0.05) is 13.8 Å². The van der Waals surface area contributed by atoms with Crippen LogP contribution in [0.4, 0.5) is 15.8 Å². The van der Waals surface area contributed by atoms with Crippen LogP contribution in [0.3, 0.4) is 0 Å². The van der Waals surface area contributed by atoms with Gasteiger partial charge in [0.1, 0.15) is 5.76 Å². The van der Waals surface area contributed by atoms with Crippen LogP contribution in [0.2, 0.25) is 0 Å². The quantitative estimate of drug-likeness (QED) is 0.524. The van der Waals surface area contributed by atoms with Crippen LogP contribution < -0.4 is 0 Å². The van der Waals surface area contributed by atoms with E-state index in [1.807, 2.05) is 13.8 Å². The molecule has 0 fully saturated rings. The number of halogens is 1. The van der Waals surface area contributed by atoms with Gasteiger partial charge in [-0.15, -0.1) is 0 Å². The second-order valence-corrected chi connectivity index (χ2v) is 5.95. The van der Waals surface area contributed by atoms with Crippen LogP contribution in [0.5, 0.6) is 0 Å². The smallest absolute Gasteiger partial charge is 0.272 e. The molecule has 6 nitrogen and oxygen atoms in total. The number of aliphatic hydroxyl groups excluding tert-OH is 1. The molecule has 1 aliphatic rings. The molecule has 0 bridgehead atoms. The molecule has 0 atom stereocenters. The molecule has 1 aromatic carbocycles. The van der Waals surface area contributed by atoms with Gasteiger partial charge < -0.3 is 5.11 Å². The van der Waals surface area contributed by atoms with Crippen LogP contribution in [0.25, 0.3) is 0 Å². The third-order valence-electron chi connectivity index (χ3n) is 3.37. The number of carbonyl (C=O) groups excluding carboxylic acids is 1. The van der Waals surface area contributed by atoms with Crippen molar-refractivity contribution in [2.45, 2.75) is 26.7 Å². The number of hydrogen-bond acceptors (Lipinski definition) is 5. The minimum atomic E-state index is -0.867. The van der Waals surface area contributed by atoms with Crippen molar-refractivity contribution < 1.29 is 19.2 Å². The highest BCUT2D eigenvalue weighted by atomic mass is 19.1. The number of ketones is 1. The Labute approximate surface area is 126 Å². The van der Waals surface area contributed by atoms with Gasteiger partial charge in [-0.05, 0) is 11.5 Å². The average Bonchev–Trinajstić information content (AvgIpc) is 2.37. The number of carbonyl (C=O) groups is 1. The molecule has 22 heavy (non-hydrogen) atoms. The van der Waals surface area contributed by atoms with Crippen molar-refractivity contribution in [2.75, 3.05) is 0 Å². The number of rotatable bonds is 3. The Balaban J connectivity index is 2.29. The summed E-state index contributed by atoms with van der Waals surface area (Å²) in [7, 11) is 0. The largest absolute Gasteiger partial charge is 0.511 e. The maximum absolute atomic E-state index is 13.7. The number of benzene rings is 1. The van der Waals surface area contributed by atoms with E-state index in [9.17, 15) is 24.4 Å². The molecular weight excluding hydrogens is 291 g/mol. The van der Waals surface area contributed by atoms with Crippen molar-refractivity contribution in [3.63, 3.8) is 0 Å². The fourth-order valence-corrected chi connectivity index (χ4v) is 2.30. The van der Waals surface area contributed by atoms with E-state index < -0.39 is 10.7 Å². The molecule has 7 heteroatoms. The Bertz CT molecular complexity index is 707. The normalized spacial score (nSPS) is 18.0. The summed E-state index contributed by atoms with van der Waals surface area (Å²) in [5, 5.41) is 20.5. The summed E-state index contributed by atoms with van der Waals surface area (Å²) in [6.45, 7) is 3.73. The number of aliphatic hydroxyl groups is 1. The van der Waals surface area contributed by atoms with E-state index in [1.54, 1.807) is 0 Å². The first-order valence-electron chi connectivity index (χ1n) is 6.63. The molecule has 1 aromatic rings. The standard InChI is InChI=1S/C15H15FN2O4/c1-15(2)6-13(19)10(14(20)7-15)8-17-12-4-3-9(18(21)22)5-11(12)16/h3-5,8,19H,6-7H2,1-2H3. The van der Waals surface area contributed by atoms with E-state index in [2.05, 4.69) is 4.99 Å². The van der Waals surface area contributed by atoms with Crippen LogP contribution in [-0.4, -0.2) is 22.0 Å². The van der Waals surface area contributed by atoms with Gasteiger partial charge in [0, 0.05) is 25.1 Å². The molecule has 2 rings (SSSR count). The fraction of sp³-hybridized carbons (Fsp3) is 0.333. The average molecular weight is 306 g/mol. The number of hydrogen-bond donors (Lipinski definition) is 1. The molecule has 0 aromatic heterocycles. The van der Waals surface area contributed by atoms with Gasteiger partial charge in [0.25, 0.3) is 5.69 Å². The summed E-state index contributed by atoms with van der Waals surface area (Å²) < 4.78 is 13.7. The summed E-state index contributed by atoms with van der Waals surface area (Å²) in [6.07, 6.45) is 1.71. The lowest BCUT2D eigenvalue weighted by Crippen LogP contribution is -2.26. The zero-order valence-electron chi connectivity index (χ0n) is 12.2. The maximum Gasteiger partial charge on any atom is 0.272 e. The second-order valence-electron chi connectivity index (χ2n) is 5.95. The third kappa shape index (κ3) is 3.36. The minimum absolute atomic E-state index is 0.0528. The van der Waals surface area contributed by atoms with Gasteiger partial charge in [0.15, 0.2) is 11.6 Å². The topological polar surface area (TPSA) is 92.8 Å². The molecule has 1 N–H and O–H groups in total. The van der Waals surface area contributed by atoms with Gasteiger partial charge in [-0.3, -0.25) is 19.9 Å². The number of nitrogens with zero attached hydrogens (tertiary/aromatic N) is 2. The molecule has 0 unspecified atom stereocenters. The van der Waals surface area contributed by atoms with Gasteiger partial charge >= 0.3 is 0 Å². The molecule has 0 saturated carbocycles. The van der Waals surface area contributed by atoms with Gasteiger partial charge in [-0.2, -0.15) is 0 Å². The summed E-state index contributed by atoms with van der Waals surface area (Å²) >= 11 is 0. The molecule has 0 spiro atoms. The number of non-ortho nitro benzene ring substituents is 1. The fourth-order valence-electron chi connectivity index (χ4n) is 2.30. The van der Waals surface area contributed by atoms with Crippen LogP contribution in [-0.2, 0) is 4.79 Å². The lowest BCUT2D eigenvalue weighted by molar-refractivity contribution is -0.385. The predicted octanol–water partition coefficient (Wildman–Crippen LogP) is 3.64. The highest BCUT2D eigenvalue weighted by Gasteiger charge is 2.32. The number of nitro groups is 1. The number of allylic oxidation sites excluding steroid dienone is 2. The van der Waals surface area contributed by atoms with Crippen molar-refractivity contribution in [1.82, 2.24) is 0 Å². The molecule has 1 aliphatic carbocycles. The SMILES string of the molecule is CC1(C)CC(=O)C(C=Nc2ccc([N+](=O)[O-])cc2F)=C(O)C1. The number of aliphatic imine (C=N–C) groups is 1. The molecule has 116 valence electrons. The minimum Gasteiger partial charge on any atom is -0.511 e. The molecule has 0 aliphatic heterocycles. The summed E-state index contributed by atoms with van der Waals surface area (Å²) in [6, 6.07) is 3.03. The van der Waals surface area contributed by atoms with Gasteiger partial charge in [0.05, 0.1) is 22.3 Å². The van der Waals surface area contributed by atoms with Crippen molar-refractivity contribution >= 4 is 23.4 Å². The van der Waals surface area contributed by atoms with E-state index >= 15 is 0 Å². The van der Waals surface area contributed by atoms with E-state index in [0.717, 1.165) is 24.4 Å². The molecular formula is C15H15FN2O4. The van der Waals surface area contributed by atoms with Crippen molar-refractivity contribution in [1.29, 1.82) is 0 Å². The zero-order chi connectivity index (χ0) is 16.5. The Kier molecular flexibility index (Phi) is 4.07. The first kappa shape index (κ1) is 15.8. The highest BCUT2D eigenvalue weighted by molar-refractivity contribution is 6.14. The molecule has 0 amide bonds. The Hall–Kier alpha value is -2.57. The summed E-state index contributed by atoms with van der Waals surface area (Å²) in [5.41, 5.74) is -0.786. The highest BCUT2D eigenvalue weighted by Crippen LogP contribution is 2.35. The van der Waals surface area contributed by atoms with E-state index in [0.29, 0.717) is 6.42 Å². The Morgan fingerprint density at radius 3 is 2.64 bits per heavy atom. The lowest BCUT2D eigenvalue weighted by atomic mass is 9.77. The van der Waals surface area contributed by atoms with Gasteiger partial charge in [0.2, 0.25) is 0 Å². The van der Waals surface area contributed by atoms with Crippen LogP contribution in [0.1, 0.15) is 26.7 Å². The maximum atomic E-state index is 13.7. The summed E-state index contributed by atoms with van der Waals surface area (Å²) in [4.78, 5) is 25.6. The number of nitro benzene ring substituents is 1. The molecule has 0 saturated heterocycles.